The standard InChI is InChI=1S/C15H17NO3.ClH/c1-16-7-6-10(12(16)9-17)15-8-13(18)11-4-2-3-5-14(11)19-15;/h2-5,8,10,12,17H,6-7,9H2,1H3;1H/t10?,12-;/m1./s1. The van der Waals surface area contributed by atoms with E-state index in [0.717, 1.165) is 13.0 Å². The Kier molecular flexibility index (Phi) is 4.48. The van der Waals surface area contributed by atoms with E-state index < -0.39 is 0 Å². The first-order valence-corrected chi connectivity index (χ1v) is 6.54. The highest BCUT2D eigenvalue weighted by atomic mass is 35.5. The van der Waals surface area contributed by atoms with E-state index in [4.69, 9.17) is 4.42 Å². The molecule has 2 heterocycles. The number of likely N-dealkylation sites (N-methyl/N-ethyl adjacent to an activating group) is 1. The lowest BCUT2D eigenvalue weighted by atomic mass is 9.97. The summed E-state index contributed by atoms with van der Waals surface area (Å²) < 4.78 is 5.87. The second kappa shape index (κ2) is 5.95. The van der Waals surface area contributed by atoms with E-state index in [1.165, 1.54) is 0 Å². The smallest absolute Gasteiger partial charge is 0.192 e. The SMILES string of the molecule is CN1CCC(c2cc(=O)c3ccccc3o2)[C@H]1CO.Cl. The van der Waals surface area contributed by atoms with Crippen molar-refractivity contribution in [2.24, 2.45) is 0 Å². The zero-order valence-electron chi connectivity index (χ0n) is 11.3. The summed E-state index contributed by atoms with van der Waals surface area (Å²) in [6.07, 6.45) is 0.906. The third-order valence-corrected chi connectivity index (χ3v) is 4.03. The van der Waals surface area contributed by atoms with Crippen LogP contribution in [0.4, 0.5) is 0 Å². The molecule has 0 amide bonds. The number of hydrogen-bond donors (Lipinski definition) is 1. The Labute approximate surface area is 123 Å². The van der Waals surface area contributed by atoms with Crippen LogP contribution in [-0.2, 0) is 0 Å². The van der Waals surface area contributed by atoms with Crippen LogP contribution in [0.1, 0.15) is 18.1 Å². The number of likely N-dealkylation sites (tertiary alicyclic amines) is 1. The topological polar surface area (TPSA) is 53.7 Å². The summed E-state index contributed by atoms with van der Waals surface area (Å²) in [4.78, 5) is 14.2. The van der Waals surface area contributed by atoms with Crippen molar-refractivity contribution < 1.29 is 9.52 Å². The largest absolute Gasteiger partial charge is 0.460 e. The molecule has 0 spiro atoms. The van der Waals surface area contributed by atoms with Gasteiger partial charge in [0.25, 0.3) is 0 Å². The Bertz CT molecular complexity index is 655. The lowest BCUT2D eigenvalue weighted by molar-refractivity contribution is 0.167. The van der Waals surface area contributed by atoms with E-state index in [9.17, 15) is 9.90 Å². The highest BCUT2D eigenvalue weighted by molar-refractivity contribution is 5.85. The first-order valence-electron chi connectivity index (χ1n) is 6.54. The van der Waals surface area contributed by atoms with E-state index in [-0.39, 0.29) is 36.4 Å². The Morgan fingerprint density at radius 1 is 1.40 bits per heavy atom. The van der Waals surface area contributed by atoms with Gasteiger partial charge in [0, 0.05) is 18.0 Å². The van der Waals surface area contributed by atoms with Crippen LogP contribution in [0.5, 0.6) is 0 Å². The summed E-state index contributed by atoms with van der Waals surface area (Å²) in [5.41, 5.74) is 0.610. The summed E-state index contributed by atoms with van der Waals surface area (Å²) in [6, 6.07) is 8.89. The number of aliphatic hydroxyl groups is 1. The van der Waals surface area contributed by atoms with Crippen molar-refractivity contribution in [3.05, 3.63) is 46.3 Å². The maximum absolute atomic E-state index is 12.1. The van der Waals surface area contributed by atoms with Crippen LogP contribution < -0.4 is 5.43 Å². The highest BCUT2D eigenvalue weighted by Crippen LogP contribution is 2.32. The highest BCUT2D eigenvalue weighted by Gasteiger charge is 2.34. The minimum Gasteiger partial charge on any atom is -0.460 e. The van der Waals surface area contributed by atoms with E-state index in [1.54, 1.807) is 12.1 Å². The van der Waals surface area contributed by atoms with Gasteiger partial charge in [-0.2, -0.15) is 0 Å². The molecule has 1 fully saturated rings. The van der Waals surface area contributed by atoms with E-state index in [1.807, 2.05) is 25.2 Å². The Morgan fingerprint density at radius 3 is 2.90 bits per heavy atom. The molecule has 2 aromatic rings. The second-order valence-electron chi connectivity index (χ2n) is 5.13. The van der Waals surface area contributed by atoms with Crippen LogP contribution in [0.3, 0.4) is 0 Å². The molecule has 108 valence electrons. The van der Waals surface area contributed by atoms with E-state index in [2.05, 4.69) is 4.90 Å². The quantitative estimate of drug-likeness (QED) is 0.921. The van der Waals surface area contributed by atoms with Crippen LogP contribution in [0.25, 0.3) is 11.0 Å². The fourth-order valence-corrected chi connectivity index (χ4v) is 2.91. The number of fused-ring (bicyclic) bond motifs is 1. The van der Waals surface area contributed by atoms with Crippen LogP contribution in [-0.4, -0.2) is 36.2 Å². The molecular formula is C15H18ClNO3. The van der Waals surface area contributed by atoms with E-state index >= 15 is 0 Å². The zero-order valence-corrected chi connectivity index (χ0v) is 12.1. The second-order valence-corrected chi connectivity index (χ2v) is 5.13. The predicted molar refractivity (Wildman–Crippen MR) is 80.6 cm³/mol. The predicted octanol–water partition coefficient (Wildman–Crippen LogP) is 1.99. The van der Waals surface area contributed by atoms with Crippen molar-refractivity contribution in [1.29, 1.82) is 0 Å². The molecule has 1 aromatic carbocycles. The van der Waals surface area contributed by atoms with Gasteiger partial charge in [0.15, 0.2) is 5.43 Å². The van der Waals surface area contributed by atoms with Gasteiger partial charge in [0.05, 0.1) is 12.0 Å². The third-order valence-electron chi connectivity index (χ3n) is 4.03. The Balaban J connectivity index is 0.00000147. The molecule has 0 radical (unpaired) electrons. The third kappa shape index (κ3) is 2.46. The number of halogens is 1. The van der Waals surface area contributed by atoms with Gasteiger partial charge in [-0.1, -0.05) is 12.1 Å². The minimum atomic E-state index is -0.0110. The average Bonchev–Trinajstić information content (AvgIpc) is 2.80. The van der Waals surface area contributed by atoms with Gasteiger partial charge in [-0.3, -0.25) is 4.79 Å². The molecule has 1 saturated heterocycles. The number of nitrogens with zero attached hydrogens (tertiary/aromatic N) is 1. The summed E-state index contributed by atoms with van der Waals surface area (Å²) in [5.74, 6) is 0.777. The van der Waals surface area contributed by atoms with Gasteiger partial charge in [0.1, 0.15) is 11.3 Å². The monoisotopic (exact) mass is 295 g/mol. The fraction of sp³-hybridized carbons (Fsp3) is 0.400. The number of benzene rings is 1. The lowest BCUT2D eigenvalue weighted by Crippen LogP contribution is -2.32. The summed E-state index contributed by atoms with van der Waals surface area (Å²) >= 11 is 0. The fourth-order valence-electron chi connectivity index (χ4n) is 2.91. The lowest BCUT2D eigenvalue weighted by Gasteiger charge is -2.22. The van der Waals surface area contributed by atoms with Gasteiger partial charge < -0.3 is 14.4 Å². The molecule has 2 atom stereocenters. The molecule has 20 heavy (non-hydrogen) atoms. The Hall–Kier alpha value is -1.36. The molecule has 1 aliphatic heterocycles. The molecular weight excluding hydrogens is 278 g/mol. The summed E-state index contributed by atoms with van der Waals surface area (Å²) in [5, 5.41) is 10.1. The first kappa shape index (κ1) is 15.0. The maximum Gasteiger partial charge on any atom is 0.192 e. The summed E-state index contributed by atoms with van der Waals surface area (Å²) in [6.45, 7) is 0.990. The molecule has 0 bridgehead atoms. The zero-order chi connectivity index (χ0) is 13.4. The number of aliphatic hydroxyl groups excluding tert-OH is 1. The normalized spacial score (nSPS) is 22.9. The van der Waals surface area contributed by atoms with Crippen molar-refractivity contribution in [2.45, 2.75) is 18.4 Å². The number of para-hydroxylation sites is 1. The van der Waals surface area contributed by atoms with Gasteiger partial charge in [-0.05, 0) is 32.1 Å². The Morgan fingerprint density at radius 2 is 2.15 bits per heavy atom. The molecule has 3 rings (SSSR count). The van der Waals surface area contributed by atoms with Gasteiger partial charge in [-0.25, -0.2) is 0 Å². The van der Waals surface area contributed by atoms with Crippen LogP contribution in [0, 0.1) is 0 Å². The van der Waals surface area contributed by atoms with Crippen molar-refractivity contribution in [3.63, 3.8) is 0 Å². The van der Waals surface area contributed by atoms with Crippen LogP contribution in [0.2, 0.25) is 0 Å². The molecule has 1 unspecified atom stereocenters. The number of hydrogen-bond acceptors (Lipinski definition) is 4. The van der Waals surface area contributed by atoms with Crippen molar-refractivity contribution >= 4 is 23.4 Å². The number of rotatable bonds is 2. The van der Waals surface area contributed by atoms with Crippen molar-refractivity contribution in [2.75, 3.05) is 20.2 Å². The molecule has 5 heteroatoms. The van der Waals surface area contributed by atoms with Crippen molar-refractivity contribution in [3.8, 4) is 0 Å². The molecule has 0 saturated carbocycles. The van der Waals surface area contributed by atoms with Gasteiger partial charge in [-0.15, -0.1) is 12.4 Å². The maximum atomic E-state index is 12.1. The first-order chi connectivity index (χ1) is 9.20. The molecule has 1 aliphatic rings. The van der Waals surface area contributed by atoms with Crippen molar-refractivity contribution in [1.82, 2.24) is 4.90 Å². The van der Waals surface area contributed by atoms with Gasteiger partial charge >= 0.3 is 0 Å². The summed E-state index contributed by atoms with van der Waals surface area (Å²) in [7, 11) is 1.99. The average molecular weight is 296 g/mol. The molecule has 0 aliphatic carbocycles. The molecule has 4 nitrogen and oxygen atoms in total. The van der Waals surface area contributed by atoms with Crippen LogP contribution in [0.15, 0.2) is 39.5 Å². The molecule has 1 aromatic heterocycles. The molecule has 1 N–H and O–H groups in total. The van der Waals surface area contributed by atoms with E-state index in [0.29, 0.717) is 16.7 Å². The van der Waals surface area contributed by atoms with Gasteiger partial charge in [0.2, 0.25) is 0 Å². The minimum absolute atomic E-state index is 0. The van der Waals surface area contributed by atoms with Crippen LogP contribution >= 0.6 is 12.4 Å².